The van der Waals surface area contributed by atoms with Crippen LogP contribution in [-0.2, 0) is 6.42 Å². The number of aliphatic hydroxyl groups is 2. The van der Waals surface area contributed by atoms with E-state index in [4.69, 9.17) is 26.6 Å². The average molecular weight is 260 g/mol. The molecule has 5 heteroatoms. The number of benzene rings is 1. The predicted molar refractivity (Wildman–Crippen MR) is 67.7 cm³/mol. The van der Waals surface area contributed by atoms with Gasteiger partial charge in [0.25, 0.3) is 0 Å². The van der Waals surface area contributed by atoms with Gasteiger partial charge in [-0.1, -0.05) is 17.7 Å². The normalized spacial score (nSPS) is 12.5. The molecule has 0 saturated carbocycles. The van der Waals surface area contributed by atoms with E-state index in [9.17, 15) is 0 Å². The summed E-state index contributed by atoms with van der Waals surface area (Å²) in [4.78, 5) is 0. The Hall–Kier alpha value is -0.810. The topological polar surface area (TPSA) is 61.7 Å². The molecule has 1 rings (SSSR count). The first-order chi connectivity index (χ1) is 8.17. The zero-order valence-corrected chi connectivity index (χ0v) is 10.6. The van der Waals surface area contributed by atoms with Crippen LogP contribution in [0.3, 0.4) is 0 Å². The van der Waals surface area contributed by atoms with Crippen LogP contribution in [0.4, 0.5) is 0 Å². The Bertz CT molecular complexity index is 347. The maximum absolute atomic E-state index is 9.12. The number of methoxy groups -OCH3 is 1. The van der Waals surface area contributed by atoms with E-state index in [1.54, 1.807) is 13.2 Å². The summed E-state index contributed by atoms with van der Waals surface area (Å²) >= 11 is 6.08. The Morgan fingerprint density at radius 2 is 2.24 bits per heavy atom. The molecule has 1 aromatic rings. The van der Waals surface area contributed by atoms with E-state index in [1.165, 1.54) is 0 Å². The average Bonchev–Trinajstić information content (AvgIpc) is 2.35. The molecule has 0 amide bonds. The molecule has 0 fully saturated rings. The molecule has 0 radical (unpaired) electrons. The molecular weight excluding hydrogens is 242 g/mol. The minimum atomic E-state index is -0.707. The Balaban J connectivity index is 2.36. The van der Waals surface area contributed by atoms with Crippen molar-refractivity contribution in [1.82, 2.24) is 5.32 Å². The van der Waals surface area contributed by atoms with Crippen LogP contribution in [0.25, 0.3) is 0 Å². The Morgan fingerprint density at radius 1 is 1.47 bits per heavy atom. The number of ether oxygens (including phenoxy) is 1. The van der Waals surface area contributed by atoms with Crippen LogP contribution in [0, 0.1) is 0 Å². The molecule has 0 heterocycles. The van der Waals surface area contributed by atoms with Gasteiger partial charge in [0, 0.05) is 11.6 Å². The molecule has 4 nitrogen and oxygen atoms in total. The molecule has 0 spiro atoms. The maximum atomic E-state index is 9.12. The fraction of sp³-hybridized carbons (Fsp3) is 0.500. The Kier molecular flexibility index (Phi) is 6.29. The fourth-order valence-corrected chi connectivity index (χ4v) is 1.68. The second-order valence-electron chi connectivity index (χ2n) is 3.75. The lowest BCUT2D eigenvalue weighted by atomic mass is 10.1. The highest BCUT2D eigenvalue weighted by molar-refractivity contribution is 6.31. The lowest BCUT2D eigenvalue weighted by Crippen LogP contribution is -2.30. The van der Waals surface area contributed by atoms with Crippen molar-refractivity contribution < 1.29 is 14.9 Å². The van der Waals surface area contributed by atoms with Crippen molar-refractivity contribution in [1.29, 1.82) is 0 Å². The second kappa shape index (κ2) is 7.50. The van der Waals surface area contributed by atoms with Crippen LogP contribution in [0.5, 0.6) is 5.75 Å². The molecule has 0 saturated heterocycles. The molecule has 17 heavy (non-hydrogen) atoms. The highest BCUT2D eigenvalue weighted by Gasteiger charge is 2.03. The summed E-state index contributed by atoms with van der Waals surface area (Å²) in [7, 11) is 1.60. The zero-order chi connectivity index (χ0) is 12.7. The van der Waals surface area contributed by atoms with Crippen molar-refractivity contribution in [3.8, 4) is 5.75 Å². The third-order valence-corrected chi connectivity index (χ3v) is 2.77. The number of hydrogen-bond acceptors (Lipinski definition) is 4. The van der Waals surface area contributed by atoms with Crippen LogP contribution in [0.1, 0.15) is 5.56 Å². The lowest BCUT2D eigenvalue weighted by molar-refractivity contribution is 0.0947. The standard InChI is InChI=1S/C12H18ClNO3/c1-17-11-3-2-9(12(13)6-11)4-5-14-7-10(16)8-15/h2-3,6,10,14-16H,4-5,7-8H2,1H3. The summed E-state index contributed by atoms with van der Waals surface area (Å²) < 4.78 is 5.06. The minimum Gasteiger partial charge on any atom is -0.497 e. The first kappa shape index (κ1) is 14.3. The van der Waals surface area contributed by atoms with Gasteiger partial charge in [0.15, 0.2) is 0 Å². The molecule has 1 aromatic carbocycles. The predicted octanol–water partition coefficient (Wildman–Crippen LogP) is 0.834. The smallest absolute Gasteiger partial charge is 0.120 e. The highest BCUT2D eigenvalue weighted by Crippen LogP contribution is 2.22. The molecule has 1 atom stereocenters. The van der Waals surface area contributed by atoms with Gasteiger partial charge in [-0.25, -0.2) is 0 Å². The Labute approximate surface area is 106 Å². The molecule has 3 N–H and O–H groups in total. The summed E-state index contributed by atoms with van der Waals surface area (Å²) in [6, 6.07) is 5.56. The van der Waals surface area contributed by atoms with Gasteiger partial charge in [-0.3, -0.25) is 0 Å². The van der Waals surface area contributed by atoms with Crippen molar-refractivity contribution in [3.63, 3.8) is 0 Å². The third kappa shape index (κ3) is 4.91. The van der Waals surface area contributed by atoms with Crippen molar-refractivity contribution in [2.75, 3.05) is 26.8 Å². The number of rotatable bonds is 7. The van der Waals surface area contributed by atoms with Gasteiger partial charge in [0.05, 0.1) is 19.8 Å². The first-order valence-corrected chi connectivity index (χ1v) is 5.87. The van der Waals surface area contributed by atoms with Crippen molar-refractivity contribution in [2.45, 2.75) is 12.5 Å². The van der Waals surface area contributed by atoms with Crippen molar-refractivity contribution in [2.24, 2.45) is 0 Å². The molecule has 0 aromatic heterocycles. The summed E-state index contributed by atoms with van der Waals surface area (Å²) in [6.45, 7) is 0.851. The summed E-state index contributed by atoms with van der Waals surface area (Å²) in [5.74, 6) is 0.738. The lowest BCUT2D eigenvalue weighted by Gasteiger charge is -2.10. The molecule has 0 bridgehead atoms. The van der Waals surface area contributed by atoms with Gasteiger partial charge in [-0.2, -0.15) is 0 Å². The number of halogens is 1. The zero-order valence-electron chi connectivity index (χ0n) is 9.82. The SMILES string of the molecule is COc1ccc(CCNCC(O)CO)c(Cl)c1. The molecule has 0 aliphatic carbocycles. The quantitative estimate of drug-likeness (QED) is 0.635. The summed E-state index contributed by atoms with van der Waals surface area (Å²) in [6.07, 6.45) is 0.0578. The van der Waals surface area contributed by atoms with Crippen LogP contribution in [-0.4, -0.2) is 43.1 Å². The van der Waals surface area contributed by atoms with Crippen molar-refractivity contribution >= 4 is 11.6 Å². The van der Waals surface area contributed by atoms with Gasteiger partial charge in [-0.05, 0) is 30.7 Å². The number of aliphatic hydroxyl groups excluding tert-OH is 2. The van der Waals surface area contributed by atoms with Gasteiger partial charge in [-0.15, -0.1) is 0 Å². The van der Waals surface area contributed by atoms with E-state index < -0.39 is 6.10 Å². The van der Waals surface area contributed by atoms with Gasteiger partial charge >= 0.3 is 0 Å². The van der Waals surface area contributed by atoms with E-state index in [2.05, 4.69) is 5.32 Å². The monoisotopic (exact) mass is 259 g/mol. The Morgan fingerprint density at radius 3 is 2.82 bits per heavy atom. The first-order valence-electron chi connectivity index (χ1n) is 5.49. The van der Waals surface area contributed by atoms with Crippen molar-refractivity contribution in [3.05, 3.63) is 28.8 Å². The van der Waals surface area contributed by atoms with Crippen LogP contribution < -0.4 is 10.1 Å². The minimum absolute atomic E-state index is 0.226. The molecule has 1 unspecified atom stereocenters. The summed E-state index contributed by atoms with van der Waals surface area (Å²) in [5, 5.41) is 21.5. The second-order valence-corrected chi connectivity index (χ2v) is 4.16. The van der Waals surface area contributed by atoms with Crippen LogP contribution in [0.2, 0.25) is 5.02 Å². The maximum Gasteiger partial charge on any atom is 0.120 e. The van der Waals surface area contributed by atoms with Crippen LogP contribution >= 0.6 is 11.6 Å². The van der Waals surface area contributed by atoms with E-state index >= 15 is 0 Å². The molecule has 0 aliphatic rings. The van der Waals surface area contributed by atoms with Gasteiger partial charge in [0.2, 0.25) is 0 Å². The number of nitrogens with one attached hydrogen (secondary N) is 1. The molecule has 0 aliphatic heterocycles. The fourth-order valence-electron chi connectivity index (χ4n) is 1.41. The molecule has 96 valence electrons. The third-order valence-electron chi connectivity index (χ3n) is 2.42. The van der Waals surface area contributed by atoms with Gasteiger partial charge < -0.3 is 20.3 Å². The number of hydrogen-bond donors (Lipinski definition) is 3. The highest BCUT2D eigenvalue weighted by atomic mass is 35.5. The molecular formula is C12H18ClNO3. The van der Waals surface area contributed by atoms with Crippen LogP contribution in [0.15, 0.2) is 18.2 Å². The van der Waals surface area contributed by atoms with E-state index in [1.807, 2.05) is 12.1 Å². The van der Waals surface area contributed by atoms with E-state index in [0.29, 0.717) is 18.1 Å². The largest absolute Gasteiger partial charge is 0.497 e. The summed E-state index contributed by atoms with van der Waals surface area (Å²) in [5.41, 5.74) is 1.03. The van der Waals surface area contributed by atoms with E-state index in [-0.39, 0.29) is 6.61 Å². The van der Waals surface area contributed by atoms with Gasteiger partial charge in [0.1, 0.15) is 5.75 Å². The van der Waals surface area contributed by atoms with E-state index in [0.717, 1.165) is 17.7 Å².